The largest absolute Gasteiger partial charge is 0.325 e. The summed E-state index contributed by atoms with van der Waals surface area (Å²) in [5.41, 5.74) is 7.66. The standard InChI is InChI=1S/C11H14N4/c1-2-9-7-14-11(8-13-9)15-5-3-4-10(15)6-12/h3-5,7-8H,2,6,12H2,1H3. The summed E-state index contributed by atoms with van der Waals surface area (Å²) >= 11 is 0. The molecule has 0 atom stereocenters. The van der Waals surface area contributed by atoms with Gasteiger partial charge in [0.2, 0.25) is 0 Å². The van der Waals surface area contributed by atoms with Crippen LogP contribution in [-0.4, -0.2) is 14.5 Å². The van der Waals surface area contributed by atoms with E-state index < -0.39 is 0 Å². The van der Waals surface area contributed by atoms with E-state index in [9.17, 15) is 0 Å². The van der Waals surface area contributed by atoms with E-state index in [2.05, 4.69) is 16.9 Å². The molecule has 4 heteroatoms. The highest BCUT2D eigenvalue weighted by molar-refractivity contribution is 5.25. The second-order valence-corrected chi connectivity index (χ2v) is 3.29. The van der Waals surface area contributed by atoms with E-state index in [1.807, 2.05) is 22.9 Å². The fourth-order valence-electron chi connectivity index (χ4n) is 1.46. The van der Waals surface area contributed by atoms with Crippen molar-refractivity contribution in [3.63, 3.8) is 0 Å². The molecule has 2 aromatic heterocycles. The van der Waals surface area contributed by atoms with Crippen molar-refractivity contribution >= 4 is 0 Å². The highest BCUT2D eigenvalue weighted by Gasteiger charge is 2.02. The van der Waals surface area contributed by atoms with Crippen molar-refractivity contribution in [2.24, 2.45) is 5.73 Å². The highest BCUT2D eigenvalue weighted by atomic mass is 15.1. The fraction of sp³-hybridized carbons (Fsp3) is 0.273. The topological polar surface area (TPSA) is 56.7 Å². The van der Waals surface area contributed by atoms with E-state index in [0.717, 1.165) is 23.6 Å². The maximum absolute atomic E-state index is 5.62. The monoisotopic (exact) mass is 202 g/mol. The minimum Gasteiger partial charge on any atom is -0.325 e. The van der Waals surface area contributed by atoms with Crippen LogP contribution >= 0.6 is 0 Å². The number of aryl methyl sites for hydroxylation is 1. The first kappa shape index (κ1) is 9.86. The summed E-state index contributed by atoms with van der Waals surface area (Å²) in [5, 5.41) is 0. The second-order valence-electron chi connectivity index (χ2n) is 3.29. The molecule has 0 unspecified atom stereocenters. The van der Waals surface area contributed by atoms with Crippen LogP contribution in [0.15, 0.2) is 30.7 Å². The van der Waals surface area contributed by atoms with Crippen LogP contribution < -0.4 is 5.73 Å². The molecule has 0 amide bonds. The minimum absolute atomic E-state index is 0.504. The van der Waals surface area contributed by atoms with Gasteiger partial charge < -0.3 is 10.3 Å². The summed E-state index contributed by atoms with van der Waals surface area (Å²) in [6, 6.07) is 3.94. The van der Waals surface area contributed by atoms with Crippen LogP contribution in [0.2, 0.25) is 0 Å². The van der Waals surface area contributed by atoms with Crippen LogP contribution in [0.25, 0.3) is 5.82 Å². The van der Waals surface area contributed by atoms with Gasteiger partial charge in [-0.15, -0.1) is 0 Å². The number of nitrogens with zero attached hydrogens (tertiary/aromatic N) is 3. The van der Waals surface area contributed by atoms with E-state index in [1.54, 1.807) is 12.4 Å². The zero-order valence-corrected chi connectivity index (χ0v) is 8.72. The van der Waals surface area contributed by atoms with Crippen molar-refractivity contribution in [1.82, 2.24) is 14.5 Å². The van der Waals surface area contributed by atoms with Crippen molar-refractivity contribution in [3.8, 4) is 5.82 Å². The Bertz CT molecular complexity index is 430. The van der Waals surface area contributed by atoms with Crippen LogP contribution in [0.5, 0.6) is 0 Å². The molecule has 2 N–H and O–H groups in total. The molecule has 4 nitrogen and oxygen atoms in total. The molecule has 2 heterocycles. The normalized spacial score (nSPS) is 10.5. The molecule has 0 saturated carbocycles. The summed E-state index contributed by atoms with van der Waals surface area (Å²) in [6.07, 6.45) is 6.42. The number of aromatic nitrogens is 3. The summed E-state index contributed by atoms with van der Waals surface area (Å²) < 4.78 is 1.95. The first-order chi connectivity index (χ1) is 7.35. The summed E-state index contributed by atoms with van der Waals surface area (Å²) in [7, 11) is 0. The van der Waals surface area contributed by atoms with Crippen molar-refractivity contribution in [3.05, 3.63) is 42.1 Å². The fourth-order valence-corrected chi connectivity index (χ4v) is 1.46. The van der Waals surface area contributed by atoms with E-state index in [0.29, 0.717) is 6.54 Å². The predicted octanol–water partition coefficient (Wildman–Crippen LogP) is 1.29. The Balaban J connectivity index is 2.37. The van der Waals surface area contributed by atoms with Crippen LogP contribution in [0, 0.1) is 0 Å². The molecule has 0 saturated heterocycles. The van der Waals surface area contributed by atoms with Gasteiger partial charge >= 0.3 is 0 Å². The molecule has 0 aliphatic carbocycles. The van der Waals surface area contributed by atoms with Gasteiger partial charge in [-0.3, -0.25) is 4.98 Å². The van der Waals surface area contributed by atoms with E-state index in [1.165, 1.54) is 0 Å². The maximum atomic E-state index is 5.62. The van der Waals surface area contributed by atoms with Gasteiger partial charge in [-0.05, 0) is 18.6 Å². The second kappa shape index (κ2) is 4.23. The summed E-state index contributed by atoms with van der Waals surface area (Å²) in [4.78, 5) is 8.65. The molecular formula is C11H14N4. The first-order valence-corrected chi connectivity index (χ1v) is 5.02. The molecule has 0 bridgehead atoms. The van der Waals surface area contributed by atoms with Gasteiger partial charge in [0.05, 0.1) is 18.1 Å². The van der Waals surface area contributed by atoms with Gasteiger partial charge in [0.25, 0.3) is 0 Å². The van der Waals surface area contributed by atoms with Crippen LogP contribution in [-0.2, 0) is 13.0 Å². The molecule has 0 fully saturated rings. The highest BCUT2D eigenvalue weighted by Crippen LogP contribution is 2.08. The Hall–Kier alpha value is -1.68. The lowest BCUT2D eigenvalue weighted by Crippen LogP contribution is -2.06. The number of nitrogens with two attached hydrogens (primary N) is 1. The minimum atomic E-state index is 0.504. The average molecular weight is 202 g/mol. The van der Waals surface area contributed by atoms with Gasteiger partial charge in [0.15, 0.2) is 5.82 Å². The van der Waals surface area contributed by atoms with Crippen molar-refractivity contribution in [2.75, 3.05) is 0 Å². The predicted molar refractivity (Wildman–Crippen MR) is 58.6 cm³/mol. The van der Waals surface area contributed by atoms with Crippen LogP contribution in [0.3, 0.4) is 0 Å². The van der Waals surface area contributed by atoms with Gasteiger partial charge in [-0.1, -0.05) is 6.92 Å². The van der Waals surface area contributed by atoms with Gasteiger partial charge in [0, 0.05) is 18.4 Å². The van der Waals surface area contributed by atoms with Gasteiger partial charge in [0.1, 0.15) is 0 Å². The van der Waals surface area contributed by atoms with Gasteiger partial charge in [-0.2, -0.15) is 0 Å². The Labute approximate surface area is 88.8 Å². The Morgan fingerprint density at radius 2 is 2.20 bits per heavy atom. The molecule has 0 aromatic carbocycles. The Morgan fingerprint density at radius 3 is 2.80 bits per heavy atom. The molecule has 0 aliphatic heterocycles. The summed E-state index contributed by atoms with van der Waals surface area (Å²) in [5.74, 6) is 0.817. The molecular weight excluding hydrogens is 188 g/mol. The molecule has 15 heavy (non-hydrogen) atoms. The summed E-state index contributed by atoms with van der Waals surface area (Å²) in [6.45, 7) is 2.56. The lowest BCUT2D eigenvalue weighted by molar-refractivity contribution is 0.865. The van der Waals surface area contributed by atoms with E-state index in [4.69, 9.17) is 5.73 Å². The SMILES string of the molecule is CCc1cnc(-n2cccc2CN)cn1. The Kier molecular flexibility index (Phi) is 2.78. The molecule has 78 valence electrons. The molecule has 0 spiro atoms. The van der Waals surface area contributed by atoms with Crippen LogP contribution in [0.1, 0.15) is 18.3 Å². The molecule has 0 aliphatic rings. The van der Waals surface area contributed by atoms with Crippen molar-refractivity contribution < 1.29 is 0 Å². The third kappa shape index (κ3) is 1.89. The quantitative estimate of drug-likeness (QED) is 0.815. The average Bonchev–Trinajstić information content (AvgIpc) is 2.77. The zero-order valence-electron chi connectivity index (χ0n) is 8.72. The van der Waals surface area contributed by atoms with Crippen molar-refractivity contribution in [1.29, 1.82) is 0 Å². The number of hydrogen-bond donors (Lipinski definition) is 1. The number of hydrogen-bond acceptors (Lipinski definition) is 3. The number of rotatable bonds is 3. The third-order valence-corrected chi connectivity index (χ3v) is 2.34. The molecule has 2 aromatic rings. The molecule has 2 rings (SSSR count). The third-order valence-electron chi connectivity index (χ3n) is 2.34. The Morgan fingerprint density at radius 1 is 1.33 bits per heavy atom. The van der Waals surface area contributed by atoms with E-state index in [-0.39, 0.29) is 0 Å². The van der Waals surface area contributed by atoms with E-state index >= 15 is 0 Å². The zero-order chi connectivity index (χ0) is 10.7. The lowest BCUT2D eigenvalue weighted by atomic mass is 10.3. The van der Waals surface area contributed by atoms with Crippen molar-refractivity contribution in [2.45, 2.75) is 19.9 Å². The lowest BCUT2D eigenvalue weighted by Gasteiger charge is -2.06. The molecule has 0 radical (unpaired) electrons. The first-order valence-electron chi connectivity index (χ1n) is 5.02. The smallest absolute Gasteiger partial charge is 0.155 e. The maximum Gasteiger partial charge on any atom is 0.155 e. The van der Waals surface area contributed by atoms with Crippen LogP contribution in [0.4, 0.5) is 0 Å². The van der Waals surface area contributed by atoms with Gasteiger partial charge in [-0.25, -0.2) is 4.98 Å².